The summed E-state index contributed by atoms with van der Waals surface area (Å²) in [5.74, 6) is 1.26. The molecule has 31 heavy (non-hydrogen) atoms. The predicted octanol–water partition coefficient (Wildman–Crippen LogP) is 5.78. The second-order valence-corrected chi connectivity index (χ2v) is 7.43. The van der Waals surface area contributed by atoms with Gasteiger partial charge in [0, 0.05) is 31.9 Å². The number of hydrazone groups is 1. The van der Waals surface area contributed by atoms with Crippen LogP contribution in [-0.2, 0) is 6.18 Å². The van der Waals surface area contributed by atoms with E-state index in [1.165, 1.54) is 6.07 Å². The van der Waals surface area contributed by atoms with Crippen LogP contribution in [0.3, 0.4) is 0 Å². The van der Waals surface area contributed by atoms with Gasteiger partial charge in [-0.05, 0) is 35.9 Å². The second kappa shape index (κ2) is 8.11. The van der Waals surface area contributed by atoms with Gasteiger partial charge in [-0.3, -0.25) is 5.01 Å². The van der Waals surface area contributed by atoms with Gasteiger partial charge in [-0.25, -0.2) is 4.98 Å². The van der Waals surface area contributed by atoms with Crippen molar-refractivity contribution in [1.29, 1.82) is 0 Å². The van der Waals surface area contributed by atoms with Crippen LogP contribution in [0, 0.1) is 0 Å². The molecule has 160 valence electrons. The third-order valence-electron chi connectivity index (χ3n) is 4.86. The van der Waals surface area contributed by atoms with Gasteiger partial charge >= 0.3 is 6.18 Å². The zero-order valence-electron chi connectivity index (χ0n) is 16.6. The molecule has 1 aliphatic rings. The molecule has 3 aromatic rings. The Labute approximate surface area is 182 Å². The fraction of sp³-hybridized carbons (Fsp3) is 0.182. The number of pyridine rings is 1. The average Bonchev–Trinajstić information content (AvgIpc) is 3.02. The van der Waals surface area contributed by atoms with Gasteiger partial charge in [-0.1, -0.05) is 35.9 Å². The molecule has 0 aliphatic carbocycles. The number of hydrogen-bond donors (Lipinski definition) is 0. The first-order chi connectivity index (χ1) is 14.7. The number of rotatable bonds is 4. The summed E-state index contributed by atoms with van der Waals surface area (Å²) in [5, 5.41) is 7.05. The first kappa shape index (κ1) is 21.0. The molecule has 2 aromatic carbocycles. The van der Waals surface area contributed by atoms with Crippen LogP contribution in [0.2, 0.25) is 5.02 Å². The van der Waals surface area contributed by atoms with Gasteiger partial charge in [0.15, 0.2) is 5.84 Å². The van der Waals surface area contributed by atoms with E-state index in [2.05, 4.69) is 10.1 Å². The molecule has 2 heterocycles. The molecule has 5 nitrogen and oxygen atoms in total. The maximum Gasteiger partial charge on any atom is 0.417 e. The van der Waals surface area contributed by atoms with Gasteiger partial charge < -0.3 is 9.64 Å². The molecule has 0 spiro atoms. The molecular formula is C22H18ClF3N4O. The van der Waals surface area contributed by atoms with Gasteiger partial charge in [0.1, 0.15) is 11.9 Å². The van der Waals surface area contributed by atoms with Crippen LogP contribution in [0.25, 0.3) is 0 Å². The molecule has 1 atom stereocenters. The fourth-order valence-electron chi connectivity index (χ4n) is 3.43. The lowest BCUT2D eigenvalue weighted by atomic mass is 10.1. The van der Waals surface area contributed by atoms with Crippen molar-refractivity contribution >= 4 is 17.4 Å². The van der Waals surface area contributed by atoms with Crippen LogP contribution in [0.1, 0.15) is 22.9 Å². The number of halogens is 4. The lowest BCUT2D eigenvalue weighted by Gasteiger charge is -2.27. The van der Waals surface area contributed by atoms with Crippen molar-refractivity contribution in [2.24, 2.45) is 5.10 Å². The zero-order valence-corrected chi connectivity index (χ0v) is 17.4. The highest BCUT2D eigenvalue weighted by Crippen LogP contribution is 2.35. The normalized spacial score (nSPS) is 16.5. The molecule has 0 fully saturated rings. The van der Waals surface area contributed by atoms with Crippen LogP contribution in [0.15, 0.2) is 72.0 Å². The van der Waals surface area contributed by atoms with E-state index in [9.17, 15) is 13.2 Å². The number of ether oxygens (including phenoxy) is 1. The number of benzene rings is 2. The van der Waals surface area contributed by atoms with E-state index in [1.807, 2.05) is 66.5 Å². The van der Waals surface area contributed by atoms with Crippen molar-refractivity contribution in [3.8, 4) is 11.6 Å². The van der Waals surface area contributed by atoms with Crippen molar-refractivity contribution in [3.05, 3.63) is 88.6 Å². The maximum absolute atomic E-state index is 12.7. The smallest absolute Gasteiger partial charge is 0.417 e. The molecule has 1 aromatic heterocycles. The van der Waals surface area contributed by atoms with E-state index >= 15 is 0 Å². The molecule has 4 rings (SSSR count). The van der Waals surface area contributed by atoms with E-state index in [4.69, 9.17) is 16.3 Å². The molecule has 1 aliphatic heterocycles. The monoisotopic (exact) mass is 446 g/mol. The number of hydrogen-bond acceptors (Lipinski definition) is 5. The predicted molar refractivity (Wildman–Crippen MR) is 112 cm³/mol. The lowest BCUT2D eigenvalue weighted by molar-refractivity contribution is -0.137. The molecule has 0 radical (unpaired) electrons. The maximum atomic E-state index is 12.7. The Morgan fingerprint density at radius 1 is 1.00 bits per heavy atom. The Morgan fingerprint density at radius 2 is 1.77 bits per heavy atom. The van der Waals surface area contributed by atoms with Crippen molar-refractivity contribution < 1.29 is 17.9 Å². The third kappa shape index (κ3) is 4.29. The van der Waals surface area contributed by atoms with Gasteiger partial charge in [-0.15, -0.1) is 0 Å². The minimum atomic E-state index is -4.44. The summed E-state index contributed by atoms with van der Waals surface area (Å²) < 4.78 is 43.8. The minimum absolute atomic E-state index is 0.0753. The first-order valence-corrected chi connectivity index (χ1v) is 9.72. The number of amidine groups is 1. The number of aromatic nitrogens is 1. The highest BCUT2D eigenvalue weighted by atomic mass is 35.5. The van der Waals surface area contributed by atoms with Crippen LogP contribution in [-0.4, -0.2) is 34.8 Å². The van der Waals surface area contributed by atoms with Gasteiger partial charge in [0.05, 0.1) is 10.6 Å². The fourth-order valence-corrected chi connectivity index (χ4v) is 3.65. The Balaban J connectivity index is 1.55. The zero-order chi connectivity index (χ0) is 22.2. The summed E-state index contributed by atoms with van der Waals surface area (Å²) in [6.45, 7) is 0. The molecule has 0 saturated carbocycles. The van der Waals surface area contributed by atoms with Crippen molar-refractivity contribution in [1.82, 2.24) is 14.9 Å². The Morgan fingerprint density at radius 3 is 2.45 bits per heavy atom. The van der Waals surface area contributed by atoms with Crippen LogP contribution >= 0.6 is 11.6 Å². The van der Waals surface area contributed by atoms with E-state index in [0.29, 0.717) is 10.8 Å². The van der Waals surface area contributed by atoms with E-state index < -0.39 is 11.7 Å². The number of alkyl halides is 3. The van der Waals surface area contributed by atoms with Crippen molar-refractivity contribution in [3.63, 3.8) is 0 Å². The SMILES string of the molecule is CN1N=C(c2ccccc2Cl)N(C)C1c1cccc(Oc2ccc(C(F)(F)F)cn2)c1. The molecule has 0 amide bonds. The van der Waals surface area contributed by atoms with Crippen LogP contribution < -0.4 is 4.74 Å². The highest BCUT2D eigenvalue weighted by Gasteiger charge is 2.32. The van der Waals surface area contributed by atoms with Gasteiger partial charge in [0.2, 0.25) is 5.88 Å². The average molecular weight is 447 g/mol. The van der Waals surface area contributed by atoms with Gasteiger partial charge in [-0.2, -0.15) is 18.3 Å². The standard InChI is InChI=1S/C22H18ClF3N4O/c1-29-20(17-8-3-4-9-18(17)23)28-30(2)21(29)14-6-5-7-16(12-14)31-19-11-10-15(13-27-19)22(24,25)26/h3-13,21H,1-2H3. The summed E-state index contributed by atoms with van der Waals surface area (Å²) in [5.41, 5.74) is 0.884. The highest BCUT2D eigenvalue weighted by molar-refractivity contribution is 6.34. The van der Waals surface area contributed by atoms with Crippen molar-refractivity contribution in [2.45, 2.75) is 12.3 Å². The van der Waals surface area contributed by atoms with Crippen LogP contribution in [0.5, 0.6) is 11.6 Å². The third-order valence-corrected chi connectivity index (χ3v) is 5.19. The quantitative estimate of drug-likeness (QED) is 0.509. The Bertz CT molecular complexity index is 1120. The molecular weight excluding hydrogens is 429 g/mol. The summed E-state index contributed by atoms with van der Waals surface area (Å²) in [6, 6.07) is 16.9. The van der Waals surface area contributed by atoms with Crippen LogP contribution in [0.4, 0.5) is 13.2 Å². The Hall–Kier alpha value is -3.26. The molecule has 0 N–H and O–H groups in total. The number of nitrogens with zero attached hydrogens (tertiary/aromatic N) is 4. The van der Waals surface area contributed by atoms with E-state index in [1.54, 1.807) is 6.07 Å². The first-order valence-electron chi connectivity index (χ1n) is 9.34. The molecule has 9 heteroatoms. The van der Waals surface area contributed by atoms with Crippen molar-refractivity contribution in [2.75, 3.05) is 14.1 Å². The molecule has 0 saturated heterocycles. The Kier molecular flexibility index (Phi) is 5.49. The summed E-state index contributed by atoms with van der Waals surface area (Å²) in [6.07, 6.45) is -3.90. The van der Waals surface area contributed by atoms with E-state index in [-0.39, 0.29) is 12.0 Å². The second-order valence-electron chi connectivity index (χ2n) is 7.02. The molecule has 1 unspecified atom stereocenters. The summed E-state index contributed by atoms with van der Waals surface area (Å²) in [7, 11) is 3.78. The largest absolute Gasteiger partial charge is 0.439 e. The topological polar surface area (TPSA) is 41.0 Å². The summed E-state index contributed by atoms with van der Waals surface area (Å²) in [4.78, 5) is 5.76. The summed E-state index contributed by atoms with van der Waals surface area (Å²) >= 11 is 6.34. The lowest BCUT2D eigenvalue weighted by Crippen LogP contribution is -2.31. The van der Waals surface area contributed by atoms with E-state index in [0.717, 1.165) is 29.2 Å². The molecule has 0 bridgehead atoms. The van der Waals surface area contributed by atoms with Gasteiger partial charge in [0.25, 0.3) is 0 Å². The minimum Gasteiger partial charge on any atom is -0.439 e.